The SMILES string of the molecule is COc1c(Br)cc(Cl)cc1NC(=O)c1cccnc1Cl. The Labute approximate surface area is 134 Å². The first kappa shape index (κ1) is 15.1. The molecule has 0 unspecified atom stereocenters. The minimum absolute atomic E-state index is 0.130. The van der Waals surface area contributed by atoms with Crippen LogP contribution in [0.5, 0.6) is 5.75 Å². The van der Waals surface area contributed by atoms with Crippen LogP contribution in [0, 0.1) is 0 Å². The van der Waals surface area contributed by atoms with Gasteiger partial charge < -0.3 is 10.1 Å². The third-order valence-electron chi connectivity index (χ3n) is 2.46. The monoisotopic (exact) mass is 374 g/mol. The summed E-state index contributed by atoms with van der Waals surface area (Å²) >= 11 is 15.2. The van der Waals surface area contributed by atoms with Gasteiger partial charge in [0.2, 0.25) is 0 Å². The van der Waals surface area contributed by atoms with E-state index in [2.05, 4.69) is 26.2 Å². The summed E-state index contributed by atoms with van der Waals surface area (Å²) < 4.78 is 5.87. The molecule has 0 spiro atoms. The summed E-state index contributed by atoms with van der Waals surface area (Å²) in [5, 5.41) is 3.29. The highest BCUT2D eigenvalue weighted by Crippen LogP contribution is 2.36. The van der Waals surface area contributed by atoms with Gasteiger partial charge in [-0.1, -0.05) is 23.2 Å². The Morgan fingerprint density at radius 1 is 1.40 bits per heavy atom. The lowest BCUT2D eigenvalue weighted by atomic mass is 10.2. The number of hydrogen-bond acceptors (Lipinski definition) is 3. The molecule has 4 nitrogen and oxygen atoms in total. The number of carbonyl (C=O) groups excluding carboxylic acids is 1. The molecule has 0 aliphatic heterocycles. The lowest BCUT2D eigenvalue weighted by Gasteiger charge is -2.12. The van der Waals surface area contributed by atoms with Gasteiger partial charge in [-0.2, -0.15) is 0 Å². The largest absolute Gasteiger partial charge is 0.493 e. The predicted octanol–water partition coefficient (Wildman–Crippen LogP) is 4.41. The van der Waals surface area contributed by atoms with E-state index in [0.29, 0.717) is 20.9 Å². The molecule has 2 aromatic rings. The van der Waals surface area contributed by atoms with Crippen molar-refractivity contribution < 1.29 is 9.53 Å². The minimum atomic E-state index is -0.393. The molecule has 2 rings (SSSR count). The van der Waals surface area contributed by atoms with Gasteiger partial charge in [-0.15, -0.1) is 0 Å². The van der Waals surface area contributed by atoms with Crippen LogP contribution in [0.3, 0.4) is 0 Å². The highest BCUT2D eigenvalue weighted by atomic mass is 79.9. The Morgan fingerprint density at radius 2 is 2.15 bits per heavy atom. The quantitative estimate of drug-likeness (QED) is 0.808. The van der Waals surface area contributed by atoms with Crippen molar-refractivity contribution in [1.82, 2.24) is 4.98 Å². The molecule has 0 aliphatic carbocycles. The van der Waals surface area contributed by atoms with Gasteiger partial charge >= 0.3 is 0 Å². The first-order valence-corrected chi connectivity index (χ1v) is 7.02. The third-order valence-corrected chi connectivity index (χ3v) is 3.57. The zero-order chi connectivity index (χ0) is 14.7. The summed E-state index contributed by atoms with van der Waals surface area (Å²) in [5.74, 6) is 0.0818. The number of methoxy groups -OCH3 is 1. The number of hydrogen-bond donors (Lipinski definition) is 1. The molecular weight excluding hydrogens is 367 g/mol. The Balaban J connectivity index is 2.35. The van der Waals surface area contributed by atoms with Gasteiger partial charge in [0.15, 0.2) is 5.75 Å². The molecule has 7 heteroatoms. The maximum Gasteiger partial charge on any atom is 0.258 e. The van der Waals surface area contributed by atoms with Crippen molar-refractivity contribution in [2.45, 2.75) is 0 Å². The van der Waals surface area contributed by atoms with Crippen molar-refractivity contribution in [2.75, 3.05) is 12.4 Å². The Morgan fingerprint density at radius 3 is 2.80 bits per heavy atom. The number of aromatic nitrogens is 1. The second kappa shape index (κ2) is 6.43. The van der Waals surface area contributed by atoms with Crippen LogP contribution in [0.15, 0.2) is 34.9 Å². The van der Waals surface area contributed by atoms with Crippen molar-refractivity contribution in [2.24, 2.45) is 0 Å². The number of amides is 1. The smallest absolute Gasteiger partial charge is 0.258 e. The molecule has 0 atom stereocenters. The molecule has 0 radical (unpaired) electrons. The van der Waals surface area contributed by atoms with E-state index in [1.54, 1.807) is 24.3 Å². The Kier molecular flexibility index (Phi) is 4.86. The average Bonchev–Trinajstić information content (AvgIpc) is 2.38. The normalized spacial score (nSPS) is 10.2. The zero-order valence-corrected chi connectivity index (χ0v) is 13.4. The lowest BCUT2D eigenvalue weighted by molar-refractivity contribution is 0.102. The van der Waals surface area contributed by atoms with Gasteiger partial charge in [-0.3, -0.25) is 4.79 Å². The fourth-order valence-corrected chi connectivity index (χ4v) is 2.78. The summed E-state index contributed by atoms with van der Waals surface area (Å²) in [5.41, 5.74) is 0.712. The fourth-order valence-electron chi connectivity index (χ4n) is 1.61. The standard InChI is InChI=1S/C13H9BrCl2N2O2/c1-20-11-9(14)5-7(15)6-10(11)18-13(19)8-3-2-4-17-12(8)16/h2-6H,1H3,(H,18,19). The maximum atomic E-state index is 12.2. The number of nitrogens with zero attached hydrogens (tertiary/aromatic N) is 1. The second-order valence-electron chi connectivity index (χ2n) is 3.76. The van der Waals surface area contributed by atoms with Crippen molar-refractivity contribution in [1.29, 1.82) is 0 Å². The van der Waals surface area contributed by atoms with E-state index in [0.717, 1.165) is 0 Å². The first-order valence-electron chi connectivity index (χ1n) is 5.48. The van der Waals surface area contributed by atoms with Gasteiger partial charge in [-0.25, -0.2) is 4.98 Å². The molecule has 1 heterocycles. The number of ether oxygens (including phenoxy) is 1. The summed E-state index contributed by atoms with van der Waals surface area (Å²) in [6.07, 6.45) is 1.51. The van der Waals surface area contributed by atoms with Crippen LogP contribution in [-0.4, -0.2) is 18.0 Å². The van der Waals surface area contributed by atoms with Gasteiger partial charge in [0, 0.05) is 11.2 Å². The minimum Gasteiger partial charge on any atom is -0.493 e. The Bertz CT molecular complexity index is 665. The van der Waals surface area contributed by atoms with E-state index in [1.807, 2.05) is 0 Å². The molecule has 1 aromatic heterocycles. The molecule has 104 valence electrons. The summed E-state index contributed by atoms with van der Waals surface area (Å²) in [7, 11) is 1.50. The van der Waals surface area contributed by atoms with Crippen LogP contribution in [0.2, 0.25) is 10.2 Å². The van der Waals surface area contributed by atoms with Crippen LogP contribution in [0.1, 0.15) is 10.4 Å². The number of nitrogens with one attached hydrogen (secondary N) is 1. The third kappa shape index (κ3) is 3.23. The number of anilines is 1. The predicted molar refractivity (Wildman–Crippen MR) is 82.9 cm³/mol. The van der Waals surface area contributed by atoms with E-state index >= 15 is 0 Å². The van der Waals surface area contributed by atoms with E-state index in [1.165, 1.54) is 13.3 Å². The molecule has 0 bridgehead atoms. The van der Waals surface area contributed by atoms with Crippen LogP contribution in [0.25, 0.3) is 0 Å². The second-order valence-corrected chi connectivity index (χ2v) is 5.41. The summed E-state index contributed by atoms with van der Waals surface area (Å²) in [6, 6.07) is 6.48. The van der Waals surface area contributed by atoms with Crippen molar-refractivity contribution in [3.05, 3.63) is 50.7 Å². The topological polar surface area (TPSA) is 51.2 Å². The van der Waals surface area contributed by atoms with Crippen molar-refractivity contribution in [3.8, 4) is 5.75 Å². The number of benzene rings is 1. The molecule has 0 saturated heterocycles. The molecule has 0 fully saturated rings. The highest BCUT2D eigenvalue weighted by molar-refractivity contribution is 9.10. The van der Waals surface area contributed by atoms with Crippen LogP contribution in [0.4, 0.5) is 5.69 Å². The van der Waals surface area contributed by atoms with E-state index in [4.69, 9.17) is 27.9 Å². The molecule has 0 aliphatic rings. The van der Waals surface area contributed by atoms with Gasteiger partial charge in [0.05, 0.1) is 22.8 Å². The molecule has 1 aromatic carbocycles. The van der Waals surface area contributed by atoms with Gasteiger partial charge in [0.25, 0.3) is 5.91 Å². The number of halogens is 3. The van der Waals surface area contributed by atoms with Crippen LogP contribution < -0.4 is 10.1 Å². The molecule has 1 N–H and O–H groups in total. The highest BCUT2D eigenvalue weighted by Gasteiger charge is 2.15. The zero-order valence-electron chi connectivity index (χ0n) is 10.3. The molecular formula is C13H9BrCl2N2O2. The van der Waals surface area contributed by atoms with E-state index in [9.17, 15) is 4.79 Å². The summed E-state index contributed by atoms with van der Waals surface area (Å²) in [6.45, 7) is 0. The lowest BCUT2D eigenvalue weighted by Crippen LogP contribution is -2.13. The first-order chi connectivity index (χ1) is 9.52. The number of pyridine rings is 1. The van der Waals surface area contributed by atoms with Crippen LogP contribution in [-0.2, 0) is 0 Å². The van der Waals surface area contributed by atoms with E-state index in [-0.39, 0.29) is 10.7 Å². The molecule has 0 saturated carbocycles. The average molecular weight is 376 g/mol. The van der Waals surface area contributed by atoms with Crippen molar-refractivity contribution >= 4 is 50.7 Å². The van der Waals surface area contributed by atoms with E-state index < -0.39 is 5.91 Å². The Hall–Kier alpha value is -1.30. The fraction of sp³-hybridized carbons (Fsp3) is 0.0769. The van der Waals surface area contributed by atoms with Gasteiger partial charge in [-0.05, 0) is 40.2 Å². The number of carbonyl (C=O) groups is 1. The molecule has 20 heavy (non-hydrogen) atoms. The number of rotatable bonds is 3. The van der Waals surface area contributed by atoms with Gasteiger partial charge in [0.1, 0.15) is 5.15 Å². The van der Waals surface area contributed by atoms with Crippen LogP contribution >= 0.6 is 39.1 Å². The molecule has 1 amide bonds. The van der Waals surface area contributed by atoms with Crippen molar-refractivity contribution in [3.63, 3.8) is 0 Å². The summed E-state index contributed by atoms with van der Waals surface area (Å²) in [4.78, 5) is 16.0. The maximum absolute atomic E-state index is 12.2.